The Morgan fingerprint density at radius 1 is 1.13 bits per heavy atom. The fraction of sp³-hybridized carbons (Fsp3) is 0.438. The monoisotopic (exact) mass is 323 g/mol. The summed E-state index contributed by atoms with van der Waals surface area (Å²) in [6.07, 6.45) is 1.84. The number of fused-ring (bicyclic) bond motifs is 1. The third kappa shape index (κ3) is 2.22. The van der Waals surface area contributed by atoms with E-state index in [1.54, 1.807) is 4.90 Å². The smallest absolute Gasteiger partial charge is 0.194 e. The zero-order valence-electron chi connectivity index (χ0n) is 12.7. The predicted octanol–water partition coefficient (Wildman–Crippen LogP) is 2.52. The summed E-state index contributed by atoms with van der Waals surface area (Å²) < 4.78 is 45.4. The van der Waals surface area contributed by atoms with Gasteiger partial charge in [0.05, 0.1) is 30.0 Å². The number of ether oxygens (including phenoxy) is 1. The molecular formula is C16H16F3N3O. The Kier molecular flexibility index (Phi) is 3.16. The molecule has 0 saturated carbocycles. The molecular weight excluding hydrogens is 307 g/mol. The molecule has 0 atom stereocenters. The number of halogens is 3. The van der Waals surface area contributed by atoms with E-state index in [2.05, 4.69) is 16.8 Å². The van der Waals surface area contributed by atoms with Gasteiger partial charge in [0.1, 0.15) is 6.67 Å². The number of allylic oxidation sites excluding steroid dienone is 1. The fourth-order valence-electron chi connectivity index (χ4n) is 3.19. The Bertz CT molecular complexity index is 704. The van der Waals surface area contributed by atoms with Crippen LogP contribution in [0.5, 0.6) is 0 Å². The average molecular weight is 323 g/mol. The molecule has 3 heterocycles. The molecule has 23 heavy (non-hydrogen) atoms. The summed E-state index contributed by atoms with van der Waals surface area (Å²) in [7, 11) is 0. The van der Waals surface area contributed by atoms with Gasteiger partial charge in [-0.15, -0.1) is 0 Å². The van der Waals surface area contributed by atoms with Crippen LogP contribution >= 0.6 is 0 Å². The molecule has 0 amide bonds. The van der Waals surface area contributed by atoms with Crippen molar-refractivity contribution < 1.29 is 17.9 Å². The maximum absolute atomic E-state index is 13.5. The SMILES string of the molecule is CC1(C2=NCN3CCN(c4cc(F)c(F)c(F)c4)C=C23)COC1. The van der Waals surface area contributed by atoms with E-state index >= 15 is 0 Å². The second-order valence-electron chi connectivity index (χ2n) is 6.40. The molecule has 1 saturated heterocycles. The quantitative estimate of drug-likeness (QED) is 0.783. The number of benzene rings is 1. The standard InChI is InChI=1S/C16H16F3N3O/c1-16(7-23-8-16)15-13-6-21(2-3-22(13)9-20-15)10-4-11(17)14(19)12(18)5-10/h4-6H,2-3,7-9H2,1H3. The zero-order valence-corrected chi connectivity index (χ0v) is 12.7. The van der Waals surface area contributed by atoms with Crippen LogP contribution in [0.3, 0.4) is 0 Å². The van der Waals surface area contributed by atoms with Crippen molar-refractivity contribution >= 4 is 11.4 Å². The van der Waals surface area contributed by atoms with Gasteiger partial charge in [-0.3, -0.25) is 4.99 Å². The first-order valence-corrected chi connectivity index (χ1v) is 7.49. The first-order chi connectivity index (χ1) is 11.0. The second kappa shape index (κ2) is 4.99. The summed E-state index contributed by atoms with van der Waals surface area (Å²) >= 11 is 0. The molecule has 0 aliphatic carbocycles. The van der Waals surface area contributed by atoms with Crippen LogP contribution in [0, 0.1) is 22.9 Å². The summed E-state index contributed by atoms with van der Waals surface area (Å²) in [5.74, 6) is -3.80. The van der Waals surface area contributed by atoms with Crippen molar-refractivity contribution in [3.8, 4) is 0 Å². The van der Waals surface area contributed by atoms with Crippen LogP contribution < -0.4 is 4.90 Å². The fourth-order valence-corrected chi connectivity index (χ4v) is 3.19. The summed E-state index contributed by atoms with van der Waals surface area (Å²) in [6, 6.07) is 2.04. The highest BCUT2D eigenvalue weighted by Gasteiger charge is 2.44. The molecule has 1 aromatic rings. The lowest BCUT2D eigenvalue weighted by atomic mass is 9.81. The Morgan fingerprint density at radius 2 is 1.83 bits per heavy atom. The lowest BCUT2D eigenvalue weighted by molar-refractivity contribution is -0.0582. The van der Waals surface area contributed by atoms with Gasteiger partial charge >= 0.3 is 0 Å². The van der Waals surface area contributed by atoms with E-state index in [1.807, 2.05) is 6.20 Å². The van der Waals surface area contributed by atoms with Crippen LogP contribution in [0.1, 0.15) is 6.92 Å². The topological polar surface area (TPSA) is 28.1 Å². The molecule has 7 heteroatoms. The Hall–Kier alpha value is -2.02. The minimum absolute atomic E-state index is 0.108. The van der Waals surface area contributed by atoms with Gasteiger partial charge < -0.3 is 14.5 Å². The highest BCUT2D eigenvalue weighted by atomic mass is 19.2. The number of hydrogen-bond donors (Lipinski definition) is 0. The number of anilines is 1. The molecule has 0 spiro atoms. The first-order valence-electron chi connectivity index (χ1n) is 7.49. The summed E-state index contributed by atoms with van der Waals surface area (Å²) in [4.78, 5) is 8.48. The van der Waals surface area contributed by atoms with Gasteiger partial charge in [-0.2, -0.15) is 0 Å². The summed E-state index contributed by atoms with van der Waals surface area (Å²) in [5.41, 5.74) is 2.11. The zero-order chi connectivity index (χ0) is 16.2. The van der Waals surface area contributed by atoms with E-state index in [0.29, 0.717) is 38.7 Å². The third-order valence-corrected chi connectivity index (χ3v) is 4.58. The van der Waals surface area contributed by atoms with Crippen molar-refractivity contribution in [2.75, 3.05) is 37.9 Å². The third-order valence-electron chi connectivity index (χ3n) is 4.58. The Labute approximate surface area is 131 Å². The maximum Gasteiger partial charge on any atom is 0.194 e. The van der Waals surface area contributed by atoms with E-state index in [1.165, 1.54) is 0 Å². The van der Waals surface area contributed by atoms with Crippen LogP contribution in [0.4, 0.5) is 18.9 Å². The van der Waals surface area contributed by atoms with Crippen molar-refractivity contribution in [3.63, 3.8) is 0 Å². The second-order valence-corrected chi connectivity index (χ2v) is 6.40. The summed E-state index contributed by atoms with van der Waals surface area (Å²) in [6.45, 7) is 5.18. The van der Waals surface area contributed by atoms with E-state index in [9.17, 15) is 13.2 Å². The maximum atomic E-state index is 13.5. The average Bonchev–Trinajstić information content (AvgIpc) is 2.93. The first kappa shape index (κ1) is 14.6. The lowest BCUT2D eigenvalue weighted by Crippen LogP contribution is -2.49. The van der Waals surface area contributed by atoms with Crippen LogP contribution in [-0.4, -0.2) is 43.6 Å². The van der Waals surface area contributed by atoms with Gasteiger partial charge in [0.2, 0.25) is 0 Å². The molecule has 122 valence electrons. The van der Waals surface area contributed by atoms with Gasteiger partial charge in [0.25, 0.3) is 0 Å². The molecule has 0 aromatic heterocycles. The van der Waals surface area contributed by atoms with Crippen LogP contribution in [0.2, 0.25) is 0 Å². The molecule has 0 bridgehead atoms. The molecule has 4 rings (SSSR count). The number of hydrogen-bond acceptors (Lipinski definition) is 4. The minimum atomic E-state index is -1.44. The molecule has 1 aromatic carbocycles. The number of nitrogens with zero attached hydrogens (tertiary/aromatic N) is 3. The Morgan fingerprint density at radius 3 is 2.43 bits per heavy atom. The molecule has 0 N–H and O–H groups in total. The molecule has 0 radical (unpaired) electrons. The molecule has 3 aliphatic heterocycles. The van der Waals surface area contributed by atoms with E-state index < -0.39 is 17.5 Å². The molecule has 0 unspecified atom stereocenters. The van der Waals surface area contributed by atoms with Crippen molar-refractivity contribution in [1.29, 1.82) is 0 Å². The van der Waals surface area contributed by atoms with Crippen LogP contribution in [-0.2, 0) is 4.74 Å². The van der Waals surface area contributed by atoms with Crippen LogP contribution in [0.15, 0.2) is 29.0 Å². The summed E-state index contributed by atoms with van der Waals surface area (Å²) in [5, 5.41) is 0. The molecule has 1 fully saturated rings. The van der Waals surface area contributed by atoms with Crippen molar-refractivity contribution in [2.24, 2.45) is 10.4 Å². The molecule has 4 nitrogen and oxygen atoms in total. The van der Waals surface area contributed by atoms with Crippen molar-refractivity contribution in [3.05, 3.63) is 41.5 Å². The largest absolute Gasteiger partial charge is 0.379 e. The predicted molar refractivity (Wildman–Crippen MR) is 79.7 cm³/mol. The van der Waals surface area contributed by atoms with E-state index in [0.717, 1.165) is 23.5 Å². The van der Waals surface area contributed by atoms with Gasteiger partial charge in [-0.1, -0.05) is 0 Å². The van der Waals surface area contributed by atoms with Gasteiger partial charge in [0, 0.05) is 37.1 Å². The lowest BCUT2D eigenvalue weighted by Gasteiger charge is -2.41. The van der Waals surface area contributed by atoms with Gasteiger partial charge in [-0.25, -0.2) is 13.2 Å². The van der Waals surface area contributed by atoms with Gasteiger partial charge in [0.15, 0.2) is 17.5 Å². The van der Waals surface area contributed by atoms with Gasteiger partial charge in [-0.05, 0) is 6.92 Å². The normalized spacial score (nSPS) is 22.4. The van der Waals surface area contributed by atoms with Crippen molar-refractivity contribution in [2.45, 2.75) is 6.92 Å². The Balaban J connectivity index is 1.68. The van der Waals surface area contributed by atoms with Crippen molar-refractivity contribution in [1.82, 2.24) is 4.90 Å². The van der Waals surface area contributed by atoms with E-state index in [-0.39, 0.29) is 5.41 Å². The number of aliphatic imine (C=N–C) groups is 1. The minimum Gasteiger partial charge on any atom is -0.379 e. The molecule has 3 aliphatic rings. The highest BCUT2D eigenvalue weighted by molar-refractivity contribution is 6.06. The highest BCUT2D eigenvalue weighted by Crippen LogP contribution is 2.37. The van der Waals surface area contributed by atoms with E-state index in [4.69, 9.17) is 4.74 Å². The number of rotatable bonds is 2. The van der Waals surface area contributed by atoms with Crippen LogP contribution in [0.25, 0.3) is 0 Å².